The number of hydrogen-bond donors (Lipinski definition) is 1. The molecule has 1 aliphatic rings. The molecular formula is C15H18F3N3O3. The Labute approximate surface area is 136 Å². The van der Waals surface area contributed by atoms with Crippen LogP contribution in [0.15, 0.2) is 24.3 Å². The number of nitro benzene ring substituents is 1. The minimum absolute atomic E-state index is 0.0265. The van der Waals surface area contributed by atoms with E-state index in [0.717, 1.165) is 0 Å². The van der Waals surface area contributed by atoms with Crippen LogP contribution in [0.2, 0.25) is 0 Å². The Hall–Kier alpha value is -2.16. The molecule has 1 heterocycles. The van der Waals surface area contributed by atoms with Crippen molar-refractivity contribution >= 4 is 11.6 Å². The van der Waals surface area contributed by atoms with Gasteiger partial charge in [-0.2, -0.15) is 13.2 Å². The number of benzene rings is 1. The van der Waals surface area contributed by atoms with E-state index in [2.05, 4.69) is 5.32 Å². The number of para-hydroxylation sites is 1. The number of halogens is 3. The fourth-order valence-electron chi connectivity index (χ4n) is 2.77. The molecule has 0 aliphatic carbocycles. The van der Waals surface area contributed by atoms with Crippen LogP contribution in [0, 0.1) is 16.0 Å². The Kier molecular flexibility index (Phi) is 5.76. The summed E-state index contributed by atoms with van der Waals surface area (Å²) in [6, 6.07) is 6.10. The van der Waals surface area contributed by atoms with Crippen LogP contribution in [-0.2, 0) is 11.3 Å². The molecule has 1 fully saturated rings. The normalized spacial score (nSPS) is 16.8. The van der Waals surface area contributed by atoms with E-state index in [-0.39, 0.29) is 37.1 Å². The second kappa shape index (κ2) is 7.61. The predicted molar refractivity (Wildman–Crippen MR) is 80.2 cm³/mol. The van der Waals surface area contributed by atoms with Crippen molar-refractivity contribution in [1.82, 2.24) is 10.2 Å². The molecule has 6 nitrogen and oxygen atoms in total. The molecule has 2 rings (SSSR count). The summed E-state index contributed by atoms with van der Waals surface area (Å²) in [6.07, 6.45) is -3.54. The van der Waals surface area contributed by atoms with Crippen LogP contribution in [0.3, 0.4) is 0 Å². The lowest BCUT2D eigenvalue weighted by Crippen LogP contribution is -2.43. The number of nitro groups is 1. The molecule has 0 aromatic heterocycles. The van der Waals surface area contributed by atoms with Crippen LogP contribution in [0.25, 0.3) is 0 Å². The molecule has 1 aromatic carbocycles. The summed E-state index contributed by atoms with van der Waals surface area (Å²) in [7, 11) is 0. The molecule has 9 heteroatoms. The standard InChI is InChI=1S/C15H18F3N3O3/c16-15(17,18)10-20-7-5-11(6-8-20)14(22)19-9-12-3-1-2-4-13(12)21(23)24/h1-4,11H,5-10H2,(H,19,22). The predicted octanol–water partition coefficient (Wildman–Crippen LogP) is 2.49. The van der Waals surface area contributed by atoms with Gasteiger partial charge in [-0.05, 0) is 25.9 Å². The molecule has 1 aromatic rings. The summed E-state index contributed by atoms with van der Waals surface area (Å²) in [5, 5.41) is 13.6. The van der Waals surface area contributed by atoms with Gasteiger partial charge in [0.15, 0.2) is 0 Å². The number of nitrogens with one attached hydrogen (secondary N) is 1. The third-order valence-electron chi connectivity index (χ3n) is 4.00. The first-order valence-corrected chi connectivity index (χ1v) is 7.55. The van der Waals surface area contributed by atoms with Crippen LogP contribution >= 0.6 is 0 Å². The van der Waals surface area contributed by atoms with Gasteiger partial charge in [0, 0.05) is 24.1 Å². The van der Waals surface area contributed by atoms with Gasteiger partial charge in [0.05, 0.1) is 11.5 Å². The maximum atomic E-state index is 12.3. The highest BCUT2D eigenvalue weighted by atomic mass is 19.4. The monoisotopic (exact) mass is 345 g/mol. The van der Waals surface area contributed by atoms with E-state index < -0.39 is 17.6 Å². The minimum atomic E-state index is -4.23. The molecule has 1 N–H and O–H groups in total. The Balaban J connectivity index is 1.83. The van der Waals surface area contributed by atoms with Crippen molar-refractivity contribution in [3.05, 3.63) is 39.9 Å². The second-order valence-corrected chi connectivity index (χ2v) is 5.77. The Morgan fingerprint density at radius 1 is 1.29 bits per heavy atom. The quantitative estimate of drug-likeness (QED) is 0.657. The largest absolute Gasteiger partial charge is 0.401 e. The number of piperidine rings is 1. The number of rotatable bonds is 5. The highest BCUT2D eigenvalue weighted by Crippen LogP contribution is 2.23. The number of nitrogens with zero attached hydrogens (tertiary/aromatic N) is 2. The smallest absolute Gasteiger partial charge is 0.352 e. The average molecular weight is 345 g/mol. The fraction of sp³-hybridized carbons (Fsp3) is 0.533. The number of alkyl halides is 3. The van der Waals surface area contributed by atoms with Crippen molar-refractivity contribution in [1.29, 1.82) is 0 Å². The van der Waals surface area contributed by atoms with Gasteiger partial charge in [0.1, 0.15) is 0 Å². The molecule has 0 spiro atoms. The molecule has 24 heavy (non-hydrogen) atoms. The Morgan fingerprint density at radius 3 is 2.50 bits per heavy atom. The van der Waals surface area contributed by atoms with Gasteiger partial charge in [-0.25, -0.2) is 0 Å². The number of carbonyl (C=O) groups excluding carboxylic acids is 1. The van der Waals surface area contributed by atoms with E-state index in [1.807, 2.05) is 0 Å². The zero-order valence-corrected chi connectivity index (χ0v) is 12.9. The van der Waals surface area contributed by atoms with Crippen LogP contribution in [0.5, 0.6) is 0 Å². The third kappa shape index (κ3) is 5.19. The molecule has 1 saturated heterocycles. The zero-order chi connectivity index (χ0) is 17.7. The molecule has 0 saturated carbocycles. The molecule has 1 aliphatic heterocycles. The highest BCUT2D eigenvalue weighted by molar-refractivity contribution is 5.78. The van der Waals surface area contributed by atoms with E-state index in [1.165, 1.54) is 11.0 Å². The lowest BCUT2D eigenvalue weighted by atomic mass is 9.96. The van der Waals surface area contributed by atoms with Crippen molar-refractivity contribution in [2.75, 3.05) is 19.6 Å². The van der Waals surface area contributed by atoms with Crippen molar-refractivity contribution in [3.63, 3.8) is 0 Å². The fourth-order valence-corrected chi connectivity index (χ4v) is 2.77. The van der Waals surface area contributed by atoms with Crippen LogP contribution < -0.4 is 5.32 Å². The number of carbonyl (C=O) groups is 1. The Morgan fingerprint density at radius 2 is 1.92 bits per heavy atom. The summed E-state index contributed by atoms with van der Waals surface area (Å²) in [4.78, 5) is 23.8. The molecule has 1 amide bonds. The highest BCUT2D eigenvalue weighted by Gasteiger charge is 2.33. The molecule has 0 radical (unpaired) electrons. The van der Waals surface area contributed by atoms with Crippen LogP contribution in [0.1, 0.15) is 18.4 Å². The summed E-state index contributed by atoms with van der Waals surface area (Å²) in [6.45, 7) is -0.511. The van der Waals surface area contributed by atoms with E-state index in [0.29, 0.717) is 18.4 Å². The maximum absolute atomic E-state index is 12.3. The van der Waals surface area contributed by atoms with Gasteiger partial charge in [0.25, 0.3) is 5.69 Å². The molecule has 0 atom stereocenters. The van der Waals surface area contributed by atoms with Crippen LogP contribution in [0.4, 0.5) is 18.9 Å². The van der Waals surface area contributed by atoms with Gasteiger partial charge in [-0.3, -0.25) is 19.8 Å². The number of hydrogen-bond acceptors (Lipinski definition) is 4. The first-order chi connectivity index (χ1) is 11.3. The van der Waals surface area contributed by atoms with Crippen molar-refractivity contribution in [2.45, 2.75) is 25.6 Å². The average Bonchev–Trinajstić information content (AvgIpc) is 2.52. The molecule has 0 unspecified atom stereocenters. The summed E-state index contributed by atoms with van der Waals surface area (Å²) in [5.74, 6) is -0.642. The first kappa shape index (κ1) is 18.2. The van der Waals surface area contributed by atoms with Crippen molar-refractivity contribution < 1.29 is 22.9 Å². The first-order valence-electron chi connectivity index (χ1n) is 7.55. The zero-order valence-electron chi connectivity index (χ0n) is 12.9. The molecule has 132 valence electrons. The minimum Gasteiger partial charge on any atom is -0.352 e. The topological polar surface area (TPSA) is 75.5 Å². The van der Waals surface area contributed by atoms with Crippen LogP contribution in [-0.4, -0.2) is 41.5 Å². The lowest BCUT2D eigenvalue weighted by molar-refractivity contribution is -0.385. The van der Waals surface area contributed by atoms with E-state index in [1.54, 1.807) is 18.2 Å². The van der Waals surface area contributed by atoms with Gasteiger partial charge >= 0.3 is 6.18 Å². The SMILES string of the molecule is O=C(NCc1ccccc1[N+](=O)[O-])C1CCN(CC(F)(F)F)CC1. The van der Waals surface area contributed by atoms with Gasteiger partial charge < -0.3 is 5.32 Å². The number of amides is 1. The van der Waals surface area contributed by atoms with Crippen molar-refractivity contribution in [3.8, 4) is 0 Å². The van der Waals surface area contributed by atoms with Crippen molar-refractivity contribution in [2.24, 2.45) is 5.92 Å². The summed E-state index contributed by atoms with van der Waals surface area (Å²) >= 11 is 0. The summed E-state index contributed by atoms with van der Waals surface area (Å²) in [5.41, 5.74) is 0.322. The lowest BCUT2D eigenvalue weighted by Gasteiger charge is -2.31. The summed E-state index contributed by atoms with van der Waals surface area (Å²) < 4.78 is 37.0. The van der Waals surface area contributed by atoms with E-state index in [9.17, 15) is 28.1 Å². The number of likely N-dealkylation sites (tertiary alicyclic amines) is 1. The third-order valence-corrected chi connectivity index (χ3v) is 4.00. The Bertz CT molecular complexity index is 599. The second-order valence-electron chi connectivity index (χ2n) is 5.77. The van der Waals surface area contributed by atoms with E-state index in [4.69, 9.17) is 0 Å². The molecule has 0 bridgehead atoms. The van der Waals surface area contributed by atoms with Gasteiger partial charge in [-0.15, -0.1) is 0 Å². The van der Waals surface area contributed by atoms with Gasteiger partial charge in [-0.1, -0.05) is 18.2 Å². The van der Waals surface area contributed by atoms with Gasteiger partial charge in [0.2, 0.25) is 5.91 Å². The maximum Gasteiger partial charge on any atom is 0.401 e. The van der Waals surface area contributed by atoms with E-state index >= 15 is 0 Å². The molecular weight excluding hydrogens is 327 g/mol.